The molecule has 0 fully saturated rings. The highest BCUT2D eigenvalue weighted by atomic mass is 32.3. The molecule has 0 aliphatic rings. The van der Waals surface area contributed by atoms with E-state index in [2.05, 4.69) is 6.58 Å². The van der Waals surface area contributed by atoms with Gasteiger partial charge in [-0.05, 0) is 31.4 Å². The van der Waals surface area contributed by atoms with Gasteiger partial charge in [0, 0.05) is 6.08 Å². The Morgan fingerprint density at radius 3 is 2.50 bits per heavy atom. The summed E-state index contributed by atoms with van der Waals surface area (Å²) < 4.78 is 38.2. The van der Waals surface area contributed by atoms with Crippen molar-refractivity contribution in [3.05, 3.63) is 43.0 Å². The average Bonchev–Trinajstić information content (AvgIpc) is 2.56. The lowest BCUT2D eigenvalue weighted by molar-refractivity contribution is -0.143. The molecule has 7 heteroatoms. The number of rotatable bonds is 12. The largest absolute Gasteiger partial charge is 0.459 e. The van der Waals surface area contributed by atoms with Crippen molar-refractivity contribution >= 4 is 16.4 Å². The number of carbonyl (C=O) groups is 1. The molecule has 0 spiro atoms. The molecule has 1 atom stereocenters. The highest BCUT2D eigenvalue weighted by Crippen LogP contribution is 2.15. The predicted molar refractivity (Wildman–Crippen MR) is 90.8 cm³/mol. The molecule has 1 rings (SSSR count). The fraction of sp³-hybridized carbons (Fsp3) is 0.471. The third kappa shape index (κ3) is 8.69. The van der Waals surface area contributed by atoms with E-state index in [0.717, 1.165) is 25.3 Å². The topological polar surface area (TPSA) is 78.9 Å². The molecular weight excluding hydrogens is 332 g/mol. The van der Waals surface area contributed by atoms with Crippen LogP contribution in [-0.4, -0.2) is 27.1 Å². The molecule has 0 aromatic heterocycles. The zero-order valence-corrected chi connectivity index (χ0v) is 14.7. The Kier molecular flexibility index (Phi) is 9.11. The number of hydrogen-bond acceptors (Lipinski definition) is 6. The van der Waals surface area contributed by atoms with Crippen molar-refractivity contribution in [2.24, 2.45) is 0 Å². The molecule has 1 unspecified atom stereocenters. The molecule has 0 saturated heterocycles. The minimum Gasteiger partial charge on any atom is -0.459 e. The first-order valence-electron chi connectivity index (χ1n) is 7.93. The summed E-state index contributed by atoms with van der Waals surface area (Å²) in [7, 11) is -4.10. The van der Waals surface area contributed by atoms with Gasteiger partial charge in [-0.3, -0.25) is 0 Å². The molecule has 0 saturated carbocycles. The first-order chi connectivity index (χ1) is 11.5. The molecule has 0 aliphatic carbocycles. The summed E-state index contributed by atoms with van der Waals surface area (Å²) in [6.07, 6.45) is 4.42. The van der Waals surface area contributed by atoms with Crippen molar-refractivity contribution in [2.75, 3.05) is 6.61 Å². The van der Waals surface area contributed by atoms with Crippen LogP contribution in [0.25, 0.3) is 0 Å². The zero-order chi connectivity index (χ0) is 17.8. The molecule has 0 heterocycles. The van der Waals surface area contributed by atoms with Crippen LogP contribution in [0.5, 0.6) is 5.75 Å². The van der Waals surface area contributed by atoms with Crippen molar-refractivity contribution in [3.8, 4) is 5.75 Å². The van der Waals surface area contributed by atoms with Gasteiger partial charge in [0.2, 0.25) is 0 Å². The lowest BCUT2D eigenvalue weighted by Crippen LogP contribution is -2.19. The SMILES string of the molecule is C=CC(=O)OC(CCCC)CCCOS(=O)(=O)Oc1ccccc1. The van der Waals surface area contributed by atoms with Gasteiger partial charge in [-0.15, -0.1) is 0 Å². The monoisotopic (exact) mass is 356 g/mol. The van der Waals surface area contributed by atoms with E-state index in [1.807, 2.05) is 6.92 Å². The van der Waals surface area contributed by atoms with Gasteiger partial charge in [0.25, 0.3) is 0 Å². The number of unbranched alkanes of at least 4 members (excludes halogenated alkanes) is 1. The second-order valence-electron chi connectivity index (χ2n) is 5.17. The van der Waals surface area contributed by atoms with Crippen LogP contribution in [0.2, 0.25) is 0 Å². The summed E-state index contributed by atoms with van der Waals surface area (Å²) in [4.78, 5) is 11.3. The van der Waals surface area contributed by atoms with Gasteiger partial charge in [0.05, 0.1) is 6.61 Å². The third-order valence-corrected chi connectivity index (χ3v) is 4.02. The number of esters is 1. The van der Waals surface area contributed by atoms with Crippen LogP contribution in [0.4, 0.5) is 0 Å². The predicted octanol–water partition coefficient (Wildman–Crippen LogP) is 3.40. The van der Waals surface area contributed by atoms with E-state index in [0.29, 0.717) is 12.8 Å². The molecule has 0 bridgehead atoms. The van der Waals surface area contributed by atoms with Crippen LogP contribution in [-0.2, 0) is 24.1 Å². The first-order valence-corrected chi connectivity index (χ1v) is 9.27. The van der Waals surface area contributed by atoms with Gasteiger partial charge in [0.1, 0.15) is 11.9 Å². The van der Waals surface area contributed by atoms with Crippen LogP contribution in [0.3, 0.4) is 0 Å². The number of para-hydroxylation sites is 1. The Labute approximate surface area is 143 Å². The standard InChI is InChI=1S/C17H24O6S/c1-3-5-10-15(22-17(18)4-2)13-9-14-21-24(19,20)23-16-11-7-6-8-12-16/h4,6-8,11-12,15H,2-3,5,9-10,13-14H2,1H3. The second kappa shape index (κ2) is 10.8. The Bertz CT molecular complexity index is 597. The number of ether oxygens (including phenoxy) is 1. The number of benzene rings is 1. The quantitative estimate of drug-likeness (QED) is 0.324. The normalized spacial score (nSPS) is 12.4. The summed E-state index contributed by atoms with van der Waals surface area (Å²) in [5.41, 5.74) is 0. The fourth-order valence-electron chi connectivity index (χ4n) is 2.00. The van der Waals surface area contributed by atoms with E-state index >= 15 is 0 Å². The Balaban J connectivity index is 2.37. The maximum absolute atomic E-state index is 11.7. The van der Waals surface area contributed by atoms with E-state index in [1.54, 1.807) is 18.2 Å². The van der Waals surface area contributed by atoms with Crippen LogP contribution in [0.15, 0.2) is 43.0 Å². The minimum atomic E-state index is -4.10. The van der Waals surface area contributed by atoms with Crippen LogP contribution in [0, 0.1) is 0 Å². The molecule has 134 valence electrons. The lowest BCUT2D eigenvalue weighted by Gasteiger charge is -2.16. The Hall–Kier alpha value is -1.86. The molecule has 0 radical (unpaired) electrons. The molecule has 0 amide bonds. The molecule has 0 N–H and O–H groups in total. The molecule has 1 aromatic carbocycles. The Morgan fingerprint density at radius 2 is 1.88 bits per heavy atom. The minimum absolute atomic E-state index is 0.0383. The van der Waals surface area contributed by atoms with Crippen LogP contribution in [0.1, 0.15) is 39.0 Å². The summed E-state index contributed by atoms with van der Waals surface area (Å²) in [5.74, 6) is -0.282. The van der Waals surface area contributed by atoms with Gasteiger partial charge in [-0.1, -0.05) is 44.5 Å². The van der Waals surface area contributed by atoms with E-state index in [4.69, 9.17) is 13.1 Å². The first kappa shape index (κ1) is 20.2. The smallest absolute Gasteiger partial charge is 0.449 e. The van der Waals surface area contributed by atoms with Gasteiger partial charge >= 0.3 is 16.4 Å². The highest BCUT2D eigenvalue weighted by molar-refractivity contribution is 7.82. The van der Waals surface area contributed by atoms with E-state index in [1.165, 1.54) is 12.1 Å². The van der Waals surface area contributed by atoms with E-state index in [-0.39, 0.29) is 18.5 Å². The van der Waals surface area contributed by atoms with Crippen LogP contribution >= 0.6 is 0 Å². The Morgan fingerprint density at radius 1 is 1.21 bits per heavy atom. The summed E-state index contributed by atoms with van der Waals surface area (Å²) in [5, 5.41) is 0. The van der Waals surface area contributed by atoms with Crippen molar-refractivity contribution in [3.63, 3.8) is 0 Å². The summed E-state index contributed by atoms with van der Waals surface area (Å²) >= 11 is 0. The van der Waals surface area contributed by atoms with E-state index < -0.39 is 16.4 Å². The van der Waals surface area contributed by atoms with Crippen LogP contribution < -0.4 is 4.18 Å². The maximum Gasteiger partial charge on any atom is 0.449 e. The molecule has 24 heavy (non-hydrogen) atoms. The summed E-state index contributed by atoms with van der Waals surface area (Å²) in [6, 6.07) is 8.13. The van der Waals surface area contributed by atoms with Gasteiger partial charge in [-0.25, -0.2) is 8.98 Å². The van der Waals surface area contributed by atoms with Crippen molar-refractivity contribution in [1.82, 2.24) is 0 Å². The summed E-state index contributed by atoms with van der Waals surface area (Å²) in [6.45, 7) is 5.37. The van der Waals surface area contributed by atoms with Gasteiger partial charge < -0.3 is 8.92 Å². The molecule has 1 aromatic rings. The van der Waals surface area contributed by atoms with Gasteiger partial charge in [-0.2, -0.15) is 8.42 Å². The number of carbonyl (C=O) groups excluding carboxylic acids is 1. The van der Waals surface area contributed by atoms with E-state index in [9.17, 15) is 13.2 Å². The van der Waals surface area contributed by atoms with Crippen molar-refractivity contribution < 1.29 is 26.3 Å². The average molecular weight is 356 g/mol. The van der Waals surface area contributed by atoms with Crippen molar-refractivity contribution in [2.45, 2.75) is 45.1 Å². The second-order valence-corrected chi connectivity index (χ2v) is 6.39. The molecule has 0 aliphatic heterocycles. The molecular formula is C17H24O6S. The van der Waals surface area contributed by atoms with Crippen molar-refractivity contribution in [1.29, 1.82) is 0 Å². The van der Waals surface area contributed by atoms with Gasteiger partial charge in [0.15, 0.2) is 0 Å². The fourth-order valence-corrected chi connectivity index (χ4v) is 2.71. The highest BCUT2D eigenvalue weighted by Gasteiger charge is 2.16. The third-order valence-electron chi connectivity index (χ3n) is 3.17. The zero-order valence-electron chi connectivity index (χ0n) is 13.8. The lowest BCUT2D eigenvalue weighted by atomic mass is 10.1. The maximum atomic E-state index is 11.7. The molecule has 6 nitrogen and oxygen atoms in total. The number of hydrogen-bond donors (Lipinski definition) is 0.